The molecule has 0 fully saturated rings. The smallest absolute Gasteiger partial charge is 0.243 e. The Labute approximate surface area is 211 Å². The summed E-state index contributed by atoms with van der Waals surface area (Å²) >= 11 is 0. The Morgan fingerprint density at radius 3 is 2.26 bits per heavy atom. The molecule has 0 heterocycles. The van der Waals surface area contributed by atoms with Gasteiger partial charge in [-0.2, -0.15) is 0 Å². The van der Waals surface area contributed by atoms with Crippen molar-refractivity contribution in [2.75, 3.05) is 13.2 Å². The maximum absolute atomic E-state index is 13.6. The molecular formula is C29H42N2O4. The van der Waals surface area contributed by atoms with Gasteiger partial charge in [0.25, 0.3) is 0 Å². The lowest BCUT2D eigenvalue weighted by Crippen LogP contribution is -2.50. The van der Waals surface area contributed by atoms with Crippen LogP contribution in [0.5, 0.6) is 11.5 Å². The number of ether oxygens (including phenoxy) is 2. The molecule has 0 saturated carbocycles. The number of carbonyl (C=O) groups is 2. The van der Waals surface area contributed by atoms with Crippen LogP contribution in [0.25, 0.3) is 0 Å². The minimum absolute atomic E-state index is 0.0359. The molecule has 6 heteroatoms. The molecule has 0 aliphatic carbocycles. The number of carbonyl (C=O) groups excluding carboxylic acids is 2. The summed E-state index contributed by atoms with van der Waals surface area (Å²) in [5.41, 5.74) is 3.16. The van der Waals surface area contributed by atoms with Gasteiger partial charge in [0.2, 0.25) is 11.8 Å². The molecule has 35 heavy (non-hydrogen) atoms. The Morgan fingerprint density at radius 2 is 1.63 bits per heavy atom. The van der Waals surface area contributed by atoms with Gasteiger partial charge in [-0.3, -0.25) is 9.59 Å². The van der Waals surface area contributed by atoms with Crippen LogP contribution < -0.4 is 14.8 Å². The van der Waals surface area contributed by atoms with Crippen molar-refractivity contribution < 1.29 is 19.1 Å². The maximum atomic E-state index is 13.6. The third kappa shape index (κ3) is 8.30. The number of nitrogens with one attached hydrogen (secondary N) is 1. The Hall–Kier alpha value is -3.02. The van der Waals surface area contributed by atoms with Crippen molar-refractivity contribution in [3.8, 4) is 11.5 Å². The molecule has 192 valence electrons. The van der Waals surface area contributed by atoms with Gasteiger partial charge in [0.1, 0.15) is 6.04 Å². The molecular weight excluding hydrogens is 440 g/mol. The maximum Gasteiger partial charge on any atom is 0.243 e. The molecule has 0 spiro atoms. The van der Waals surface area contributed by atoms with Crippen molar-refractivity contribution in [2.45, 2.75) is 85.9 Å². The Kier molecular flexibility index (Phi) is 11.6. The lowest BCUT2D eigenvalue weighted by molar-refractivity contribution is -0.141. The van der Waals surface area contributed by atoms with E-state index in [9.17, 15) is 9.59 Å². The summed E-state index contributed by atoms with van der Waals surface area (Å²) in [6, 6.07) is 13.4. The fourth-order valence-electron chi connectivity index (χ4n) is 3.98. The van der Waals surface area contributed by atoms with Crippen LogP contribution in [-0.2, 0) is 22.6 Å². The number of benzene rings is 2. The van der Waals surface area contributed by atoms with E-state index in [1.165, 1.54) is 0 Å². The first-order valence-corrected chi connectivity index (χ1v) is 12.9. The van der Waals surface area contributed by atoms with Gasteiger partial charge in [0.15, 0.2) is 11.5 Å². The summed E-state index contributed by atoms with van der Waals surface area (Å²) in [7, 11) is 0. The molecule has 0 unspecified atom stereocenters. The van der Waals surface area contributed by atoms with E-state index in [4.69, 9.17) is 9.47 Å². The Bertz CT molecular complexity index is 959. The van der Waals surface area contributed by atoms with Gasteiger partial charge in [-0.05, 0) is 75.8 Å². The largest absolute Gasteiger partial charge is 0.490 e. The summed E-state index contributed by atoms with van der Waals surface area (Å²) in [6.07, 6.45) is 2.25. The highest BCUT2D eigenvalue weighted by Crippen LogP contribution is 2.29. The first-order valence-electron chi connectivity index (χ1n) is 12.9. The zero-order chi connectivity index (χ0) is 25.8. The molecule has 0 aliphatic rings. The molecule has 0 aromatic heterocycles. The number of amides is 2. The van der Waals surface area contributed by atoms with Crippen molar-refractivity contribution in [2.24, 2.45) is 0 Å². The number of hydrogen-bond donors (Lipinski definition) is 1. The van der Waals surface area contributed by atoms with Crippen molar-refractivity contribution in [3.63, 3.8) is 0 Å². The van der Waals surface area contributed by atoms with Crippen molar-refractivity contribution >= 4 is 11.8 Å². The Balaban J connectivity index is 2.25. The van der Waals surface area contributed by atoms with Crippen molar-refractivity contribution in [3.05, 3.63) is 59.2 Å². The predicted molar refractivity (Wildman–Crippen MR) is 141 cm³/mol. The highest BCUT2D eigenvalue weighted by atomic mass is 16.5. The zero-order valence-corrected chi connectivity index (χ0v) is 22.2. The van der Waals surface area contributed by atoms with Crippen LogP contribution in [0, 0.1) is 6.92 Å². The molecule has 1 N–H and O–H groups in total. The summed E-state index contributed by atoms with van der Waals surface area (Å²) in [6.45, 7) is 13.4. The topological polar surface area (TPSA) is 67.9 Å². The summed E-state index contributed by atoms with van der Waals surface area (Å²) in [4.78, 5) is 28.4. The highest BCUT2D eigenvalue weighted by molar-refractivity contribution is 5.88. The van der Waals surface area contributed by atoms with E-state index in [0.29, 0.717) is 50.5 Å². The van der Waals surface area contributed by atoms with E-state index in [0.717, 1.165) is 23.1 Å². The second-order valence-corrected chi connectivity index (χ2v) is 8.84. The second-order valence-electron chi connectivity index (χ2n) is 8.84. The Morgan fingerprint density at radius 1 is 0.943 bits per heavy atom. The highest BCUT2D eigenvalue weighted by Gasteiger charge is 2.29. The third-order valence-corrected chi connectivity index (χ3v) is 6.22. The summed E-state index contributed by atoms with van der Waals surface area (Å²) in [5, 5.41) is 3.07. The van der Waals surface area contributed by atoms with Gasteiger partial charge in [-0.1, -0.05) is 44.2 Å². The van der Waals surface area contributed by atoms with E-state index in [2.05, 4.69) is 5.32 Å². The molecule has 0 bridgehead atoms. The summed E-state index contributed by atoms with van der Waals surface area (Å²) in [5.74, 6) is 1.27. The monoisotopic (exact) mass is 482 g/mol. The fraction of sp³-hybridized carbons (Fsp3) is 0.517. The molecule has 2 amide bonds. The first kappa shape index (κ1) is 28.2. The van der Waals surface area contributed by atoms with E-state index in [1.807, 2.05) is 84.0 Å². The lowest BCUT2D eigenvalue weighted by Gasteiger charge is -2.32. The van der Waals surface area contributed by atoms with Crippen molar-refractivity contribution in [1.29, 1.82) is 0 Å². The second kappa shape index (κ2) is 14.4. The average molecular weight is 483 g/mol. The fourth-order valence-corrected chi connectivity index (χ4v) is 3.98. The van der Waals surface area contributed by atoms with Gasteiger partial charge in [-0.15, -0.1) is 0 Å². The molecule has 2 atom stereocenters. The molecule has 0 aliphatic heterocycles. The predicted octanol–water partition coefficient (Wildman–Crippen LogP) is 5.45. The van der Waals surface area contributed by atoms with E-state index < -0.39 is 6.04 Å². The molecule has 0 radical (unpaired) electrons. The van der Waals surface area contributed by atoms with Crippen LogP contribution >= 0.6 is 0 Å². The number of hydrogen-bond acceptors (Lipinski definition) is 4. The van der Waals surface area contributed by atoms with Crippen LogP contribution in [0.15, 0.2) is 42.5 Å². The van der Waals surface area contributed by atoms with Gasteiger partial charge in [-0.25, -0.2) is 0 Å². The van der Waals surface area contributed by atoms with Gasteiger partial charge >= 0.3 is 0 Å². The minimum atomic E-state index is -0.518. The number of nitrogens with zero attached hydrogens (tertiary/aromatic N) is 1. The van der Waals surface area contributed by atoms with E-state index in [1.54, 1.807) is 4.90 Å². The lowest BCUT2D eigenvalue weighted by atomic mass is 10.0. The van der Waals surface area contributed by atoms with Crippen molar-refractivity contribution in [1.82, 2.24) is 10.2 Å². The summed E-state index contributed by atoms with van der Waals surface area (Å²) < 4.78 is 11.4. The number of rotatable bonds is 14. The zero-order valence-electron chi connectivity index (χ0n) is 22.2. The van der Waals surface area contributed by atoms with Gasteiger partial charge in [0.05, 0.1) is 13.2 Å². The van der Waals surface area contributed by atoms with Crippen LogP contribution in [0.2, 0.25) is 0 Å². The standard InChI is InChI=1S/C29H42N2O4/c1-7-22(6)30-29(33)25(8-2)31(20-24-14-12-11-13-21(24)5)28(32)18-16-23-15-17-26(34-9-3)27(19-23)35-10-4/h11-15,17,19,22,25H,7-10,16,18,20H2,1-6H3,(H,30,33)/t22-,25+/m1/s1. The van der Waals surface area contributed by atoms with E-state index >= 15 is 0 Å². The molecule has 2 aromatic rings. The third-order valence-electron chi connectivity index (χ3n) is 6.22. The minimum Gasteiger partial charge on any atom is -0.490 e. The quantitative estimate of drug-likeness (QED) is 0.389. The normalized spacial score (nSPS) is 12.5. The van der Waals surface area contributed by atoms with Gasteiger partial charge in [0, 0.05) is 19.0 Å². The van der Waals surface area contributed by atoms with Crippen LogP contribution in [0.3, 0.4) is 0 Å². The molecule has 2 aromatic carbocycles. The van der Waals surface area contributed by atoms with Crippen LogP contribution in [-0.4, -0.2) is 42.0 Å². The van der Waals surface area contributed by atoms with E-state index in [-0.39, 0.29) is 17.9 Å². The first-order chi connectivity index (χ1) is 16.8. The average Bonchev–Trinajstić information content (AvgIpc) is 2.85. The van der Waals surface area contributed by atoms with Crippen LogP contribution in [0.1, 0.15) is 70.6 Å². The molecule has 0 saturated heterocycles. The molecule has 2 rings (SSSR count). The molecule has 6 nitrogen and oxygen atoms in total. The van der Waals surface area contributed by atoms with Gasteiger partial charge < -0.3 is 19.7 Å². The van der Waals surface area contributed by atoms with Crippen LogP contribution in [0.4, 0.5) is 0 Å². The SMILES string of the molecule is CCOc1ccc(CCC(=O)N(Cc2ccccc2C)[C@@H](CC)C(=O)N[C@H](C)CC)cc1OCC. The number of aryl methyl sites for hydroxylation is 2.